The summed E-state index contributed by atoms with van der Waals surface area (Å²) >= 11 is 13.2. The van der Waals surface area contributed by atoms with Crippen molar-refractivity contribution in [3.8, 4) is 5.82 Å². The van der Waals surface area contributed by atoms with Gasteiger partial charge in [0.25, 0.3) is 0 Å². The smallest absolute Gasteiger partial charge is 0.160 e. The van der Waals surface area contributed by atoms with Crippen molar-refractivity contribution in [1.29, 1.82) is 0 Å². The first kappa shape index (κ1) is 25.0. The molecule has 0 atom stereocenters. The van der Waals surface area contributed by atoms with Gasteiger partial charge < -0.3 is 0 Å². The van der Waals surface area contributed by atoms with Crippen LogP contribution in [-0.2, 0) is 0 Å². The number of rotatable bonds is 1. The SMILES string of the molecule is Cc1n[nH]c(C)n1.Cc1nc(Cl)cc(Cl)n1.Cc1nc(I)cc(-n2nc(C)nc2C)n1. The highest BCUT2D eigenvalue weighted by atomic mass is 127. The Kier molecular flexibility index (Phi) is 9.19. The zero-order valence-corrected chi connectivity index (χ0v) is 21.5. The Morgan fingerprint density at radius 2 is 1.35 bits per heavy atom. The largest absolute Gasteiger partial charge is 0.263 e. The molecular formula is C18H21Cl2IN10. The molecule has 0 unspecified atom stereocenters. The maximum atomic E-state index is 5.51. The predicted molar refractivity (Wildman–Crippen MR) is 127 cm³/mol. The van der Waals surface area contributed by atoms with Crippen LogP contribution in [0, 0.1) is 45.2 Å². The third-order valence-corrected chi connectivity index (χ3v) is 4.31. The van der Waals surface area contributed by atoms with Crippen molar-refractivity contribution >= 4 is 45.8 Å². The quantitative estimate of drug-likeness (QED) is 0.266. The molecule has 0 bridgehead atoms. The summed E-state index contributed by atoms with van der Waals surface area (Å²) in [6.07, 6.45) is 0. The first-order valence-corrected chi connectivity index (χ1v) is 10.8. The summed E-state index contributed by atoms with van der Waals surface area (Å²) in [5, 5.41) is 11.5. The van der Waals surface area contributed by atoms with Crippen molar-refractivity contribution in [3.63, 3.8) is 0 Å². The van der Waals surface area contributed by atoms with Gasteiger partial charge in [0.2, 0.25) is 0 Å². The molecule has 4 heterocycles. The first-order chi connectivity index (χ1) is 14.5. The first-order valence-electron chi connectivity index (χ1n) is 8.97. The van der Waals surface area contributed by atoms with E-state index in [2.05, 4.69) is 67.8 Å². The van der Waals surface area contributed by atoms with Gasteiger partial charge in [-0.05, 0) is 64.1 Å². The number of aromatic nitrogens is 10. The number of nitrogens with one attached hydrogen (secondary N) is 1. The van der Waals surface area contributed by atoms with Gasteiger partial charge in [0.15, 0.2) is 5.82 Å². The Morgan fingerprint density at radius 3 is 1.74 bits per heavy atom. The number of hydrogen-bond donors (Lipinski definition) is 1. The van der Waals surface area contributed by atoms with Crippen LogP contribution in [0.1, 0.15) is 34.9 Å². The Morgan fingerprint density at radius 1 is 0.742 bits per heavy atom. The monoisotopic (exact) mass is 574 g/mol. The molecular weight excluding hydrogens is 554 g/mol. The van der Waals surface area contributed by atoms with Gasteiger partial charge in [-0.1, -0.05) is 23.2 Å². The second kappa shape index (κ2) is 11.4. The molecule has 10 nitrogen and oxygen atoms in total. The summed E-state index contributed by atoms with van der Waals surface area (Å²) in [4.78, 5) is 24.3. The fraction of sp³-hybridized carbons (Fsp3) is 0.333. The molecule has 0 aliphatic heterocycles. The average Bonchev–Trinajstić information content (AvgIpc) is 3.17. The van der Waals surface area contributed by atoms with Gasteiger partial charge >= 0.3 is 0 Å². The minimum atomic E-state index is 0.382. The molecule has 0 aliphatic rings. The van der Waals surface area contributed by atoms with Gasteiger partial charge in [-0.25, -0.2) is 29.9 Å². The lowest BCUT2D eigenvalue weighted by Crippen LogP contribution is -2.05. The topological polar surface area (TPSA) is 124 Å². The van der Waals surface area contributed by atoms with Crippen molar-refractivity contribution < 1.29 is 0 Å². The number of hydrogen-bond acceptors (Lipinski definition) is 8. The van der Waals surface area contributed by atoms with Gasteiger partial charge in [0.05, 0.1) is 0 Å². The molecule has 0 radical (unpaired) electrons. The fourth-order valence-corrected chi connectivity index (χ4v) is 3.45. The number of aryl methyl sites for hydroxylation is 6. The van der Waals surface area contributed by atoms with E-state index in [0.29, 0.717) is 16.1 Å². The Labute approximate surface area is 203 Å². The summed E-state index contributed by atoms with van der Waals surface area (Å²) in [6, 6.07) is 3.38. The molecule has 13 heteroatoms. The molecule has 0 aromatic carbocycles. The van der Waals surface area contributed by atoms with Crippen molar-refractivity contribution in [2.24, 2.45) is 0 Å². The van der Waals surface area contributed by atoms with E-state index in [1.807, 2.05) is 40.7 Å². The highest BCUT2D eigenvalue weighted by Crippen LogP contribution is 2.11. The van der Waals surface area contributed by atoms with E-state index in [9.17, 15) is 0 Å². The number of H-pyrrole nitrogens is 1. The molecule has 0 spiro atoms. The van der Waals surface area contributed by atoms with Crippen molar-refractivity contribution in [2.45, 2.75) is 41.5 Å². The van der Waals surface area contributed by atoms with Crippen LogP contribution in [0.5, 0.6) is 0 Å². The average molecular weight is 575 g/mol. The van der Waals surface area contributed by atoms with Crippen LogP contribution in [0.3, 0.4) is 0 Å². The summed E-state index contributed by atoms with van der Waals surface area (Å²) < 4.78 is 2.63. The summed E-state index contributed by atoms with van der Waals surface area (Å²) in [7, 11) is 0. The normalized spacial score (nSPS) is 10.1. The van der Waals surface area contributed by atoms with Crippen molar-refractivity contribution in [3.05, 3.63) is 61.1 Å². The third kappa shape index (κ3) is 8.42. The lowest BCUT2D eigenvalue weighted by Gasteiger charge is -2.03. The van der Waals surface area contributed by atoms with Crippen LogP contribution < -0.4 is 0 Å². The van der Waals surface area contributed by atoms with Crippen LogP contribution in [0.15, 0.2) is 12.1 Å². The van der Waals surface area contributed by atoms with Crippen LogP contribution in [-0.4, -0.2) is 49.9 Å². The number of aromatic amines is 1. The summed E-state index contributed by atoms with van der Waals surface area (Å²) in [6.45, 7) is 11.1. The van der Waals surface area contributed by atoms with Crippen LogP contribution >= 0.6 is 45.8 Å². The van der Waals surface area contributed by atoms with Crippen LogP contribution in [0.4, 0.5) is 0 Å². The molecule has 164 valence electrons. The van der Waals surface area contributed by atoms with Crippen molar-refractivity contribution in [2.75, 3.05) is 0 Å². The second-order valence-corrected chi connectivity index (χ2v) is 8.12. The fourth-order valence-electron chi connectivity index (χ4n) is 2.31. The molecule has 4 aromatic heterocycles. The van der Waals surface area contributed by atoms with Gasteiger partial charge in [0, 0.05) is 12.1 Å². The summed E-state index contributed by atoms with van der Waals surface area (Å²) in [5.41, 5.74) is 0. The number of halogens is 3. The molecule has 0 amide bonds. The molecule has 4 aromatic rings. The predicted octanol–water partition coefficient (Wildman–Crippen LogP) is 4.10. The highest BCUT2D eigenvalue weighted by Gasteiger charge is 2.07. The molecule has 0 fully saturated rings. The summed E-state index contributed by atoms with van der Waals surface area (Å²) in [5.74, 6) is 5.36. The molecule has 31 heavy (non-hydrogen) atoms. The van der Waals surface area contributed by atoms with Gasteiger partial charge in [0.1, 0.15) is 49.0 Å². The molecule has 0 saturated carbocycles. The highest BCUT2D eigenvalue weighted by molar-refractivity contribution is 14.1. The second-order valence-electron chi connectivity index (χ2n) is 6.24. The van der Waals surface area contributed by atoms with Crippen molar-refractivity contribution in [1.82, 2.24) is 49.9 Å². The van der Waals surface area contributed by atoms with E-state index in [4.69, 9.17) is 23.2 Å². The minimum absolute atomic E-state index is 0.382. The molecule has 4 rings (SSSR count). The van der Waals surface area contributed by atoms with Gasteiger partial charge in [-0.2, -0.15) is 9.78 Å². The van der Waals surface area contributed by atoms with Gasteiger partial charge in [-0.15, -0.1) is 5.10 Å². The molecule has 1 N–H and O–H groups in total. The lowest BCUT2D eigenvalue weighted by molar-refractivity contribution is 0.787. The van der Waals surface area contributed by atoms with Crippen LogP contribution in [0.25, 0.3) is 5.82 Å². The van der Waals surface area contributed by atoms with E-state index in [-0.39, 0.29) is 0 Å². The molecule has 0 saturated heterocycles. The number of nitrogens with zero attached hydrogens (tertiary/aromatic N) is 9. The van der Waals surface area contributed by atoms with E-state index in [0.717, 1.165) is 38.6 Å². The maximum Gasteiger partial charge on any atom is 0.160 e. The lowest BCUT2D eigenvalue weighted by atomic mass is 10.5. The Bertz CT molecular complexity index is 1070. The molecule has 0 aliphatic carbocycles. The van der Waals surface area contributed by atoms with Crippen LogP contribution in [0.2, 0.25) is 10.3 Å². The standard InChI is InChI=1S/C9H10IN5.C5H4Cl2N2.C4H7N3/c1-5-12-8(10)4-9(13-5)15-7(3)11-6(2)14-15;1-3-8-4(6)2-5(7)9-3;1-3-5-4(2)7-6-3/h4H,1-3H3;2H,1H3;1-2H3,(H,5,6,7). The van der Waals surface area contributed by atoms with E-state index in [1.54, 1.807) is 11.6 Å². The van der Waals surface area contributed by atoms with E-state index < -0.39 is 0 Å². The third-order valence-electron chi connectivity index (χ3n) is 3.37. The zero-order chi connectivity index (χ0) is 23.1. The van der Waals surface area contributed by atoms with E-state index in [1.165, 1.54) is 6.07 Å². The van der Waals surface area contributed by atoms with E-state index >= 15 is 0 Å². The Balaban J connectivity index is 0.000000181. The zero-order valence-electron chi connectivity index (χ0n) is 17.8. The van der Waals surface area contributed by atoms with Gasteiger partial charge in [-0.3, -0.25) is 5.10 Å². The Hall–Kier alpha value is -2.25. The minimum Gasteiger partial charge on any atom is -0.263 e. The maximum absolute atomic E-state index is 5.51.